The number of rotatable bonds is 7. The largest absolute Gasteiger partial charge is 0.491 e. The maximum atomic E-state index is 12.1. The molecule has 0 aliphatic rings. The van der Waals surface area contributed by atoms with Crippen LogP contribution in [0.15, 0.2) is 53.6 Å². The van der Waals surface area contributed by atoms with E-state index in [0.717, 1.165) is 21.9 Å². The van der Waals surface area contributed by atoms with Crippen LogP contribution in [0.2, 0.25) is 0 Å². The van der Waals surface area contributed by atoms with Gasteiger partial charge in [0.05, 0.1) is 24.3 Å². The van der Waals surface area contributed by atoms with Crippen LogP contribution in [-0.2, 0) is 10.0 Å². The Morgan fingerprint density at radius 2 is 1.70 bits per heavy atom. The predicted octanol–water partition coefficient (Wildman–Crippen LogP) is 2.63. The van der Waals surface area contributed by atoms with Crippen molar-refractivity contribution in [3.05, 3.63) is 59.7 Å². The first kappa shape index (κ1) is 20.4. The summed E-state index contributed by atoms with van der Waals surface area (Å²) in [5.74, 6) is 0.380. The molecule has 144 valence electrons. The number of anilines is 1. The first-order valence-corrected chi connectivity index (χ1v) is 10.2. The van der Waals surface area contributed by atoms with E-state index in [1.807, 2.05) is 38.1 Å². The number of hydrogen-bond acceptors (Lipinski definition) is 5. The SMILES string of the molecule is CC(C)Oc1ccc(/C=N\NC(=O)c2ccc(N(C)S(C)(=O)=O)cc2)cc1. The Bertz CT molecular complexity index is 905. The number of carbonyl (C=O) groups is 1. The topological polar surface area (TPSA) is 88.1 Å². The van der Waals surface area contributed by atoms with E-state index in [2.05, 4.69) is 10.5 Å². The van der Waals surface area contributed by atoms with E-state index in [0.29, 0.717) is 11.3 Å². The van der Waals surface area contributed by atoms with Crippen molar-refractivity contribution >= 4 is 27.8 Å². The Morgan fingerprint density at radius 1 is 1.11 bits per heavy atom. The third-order valence-electron chi connectivity index (χ3n) is 3.62. The number of amides is 1. The summed E-state index contributed by atoms with van der Waals surface area (Å²) in [7, 11) is -1.89. The molecule has 2 rings (SSSR count). The Kier molecular flexibility index (Phi) is 6.57. The lowest BCUT2D eigenvalue weighted by Crippen LogP contribution is -2.25. The molecule has 7 nitrogen and oxygen atoms in total. The second-order valence-electron chi connectivity index (χ2n) is 6.21. The number of hydrazone groups is 1. The lowest BCUT2D eigenvalue weighted by Gasteiger charge is -2.16. The minimum absolute atomic E-state index is 0.104. The number of sulfonamides is 1. The van der Waals surface area contributed by atoms with Crippen LogP contribution in [0.25, 0.3) is 0 Å². The molecule has 1 amide bonds. The quantitative estimate of drug-likeness (QED) is 0.582. The zero-order valence-corrected chi connectivity index (χ0v) is 16.5. The minimum atomic E-state index is -3.34. The summed E-state index contributed by atoms with van der Waals surface area (Å²) in [4.78, 5) is 12.1. The molecule has 0 unspecified atom stereocenters. The van der Waals surface area contributed by atoms with Crippen LogP contribution in [0, 0.1) is 0 Å². The molecule has 0 fully saturated rings. The molecule has 1 N–H and O–H groups in total. The van der Waals surface area contributed by atoms with Crippen LogP contribution in [-0.4, -0.2) is 39.9 Å². The predicted molar refractivity (Wildman–Crippen MR) is 107 cm³/mol. The zero-order chi connectivity index (χ0) is 20.0. The highest BCUT2D eigenvalue weighted by Gasteiger charge is 2.12. The Morgan fingerprint density at radius 3 is 2.22 bits per heavy atom. The number of ether oxygens (including phenoxy) is 1. The molecular weight excluding hydrogens is 366 g/mol. The van der Waals surface area contributed by atoms with Gasteiger partial charge >= 0.3 is 0 Å². The first-order chi connectivity index (χ1) is 12.7. The van der Waals surface area contributed by atoms with Crippen molar-refractivity contribution in [2.24, 2.45) is 5.10 Å². The Balaban J connectivity index is 1.96. The van der Waals surface area contributed by atoms with Crippen LogP contribution >= 0.6 is 0 Å². The molecule has 0 heterocycles. The maximum absolute atomic E-state index is 12.1. The zero-order valence-electron chi connectivity index (χ0n) is 15.7. The van der Waals surface area contributed by atoms with Gasteiger partial charge in [0.25, 0.3) is 5.91 Å². The van der Waals surface area contributed by atoms with Gasteiger partial charge in [-0.25, -0.2) is 13.8 Å². The summed E-state index contributed by atoms with van der Waals surface area (Å²) in [6.07, 6.45) is 2.75. The lowest BCUT2D eigenvalue weighted by molar-refractivity contribution is 0.0955. The number of nitrogens with zero attached hydrogens (tertiary/aromatic N) is 2. The molecule has 0 atom stereocenters. The van der Waals surface area contributed by atoms with E-state index in [1.54, 1.807) is 24.3 Å². The van der Waals surface area contributed by atoms with Gasteiger partial charge in [0, 0.05) is 12.6 Å². The highest BCUT2D eigenvalue weighted by molar-refractivity contribution is 7.92. The van der Waals surface area contributed by atoms with Crippen molar-refractivity contribution in [3.63, 3.8) is 0 Å². The molecule has 0 saturated heterocycles. The van der Waals surface area contributed by atoms with E-state index in [1.165, 1.54) is 13.3 Å². The van der Waals surface area contributed by atoms with Gasteiger partial charge in [-0.3, -0.25) is 9.10 Å². The van der Waals surface area contributed by atoms with E-state index < -0.39 is 10.0 Å². The van der Waals surface area contributed by atoms with Crippen LogP contribution in [0.4, 0.5) is 5.69 Å². The van der Waals surface area contributed by atoms with Gasteiger partial charge in [-0.05, 0) is 67.9 Å². The van der Waals surface area contributed by atoms with Crippen molar-refractivity contribution in [2.45, 2.75) is 20.0 Å². The summed E-state index contributed by atoms with van der Waals surface area (Å²) in [6, 6.07) is 13.5. The van der Waals surface area contributed by atoms with Gasteiger partial charge in [0.1, 0.15) is 5.75 Å². The molecule has 0 aliphatic carbocycles. The molecule has 27 heavy (non-hydrogen) atoms. The summed E-state index contributed by atoms with van der Waals surface area (Å²) >= 11 is 0. The summed E-state index contributed by atoms with van der Waals surface area (Å²) < 4.78 is 29.7. The van der Waals surface area contributed by atoms with Crippen LogP contribution < -0.4 is 14.5 Å². The van der Waals surface area contributed by atoms with Gasteiger partial charge in [0.2, 0.25) is 10.0 Å². The average Bonchev–Trinajstić information content (AvgIpc) is 2.61. The van der Waals surface area contributed by atoms with E-state index in [9.17, 15) is 13.2 Å². The van der Waals surface area contributed by atoms with E-state index >= 15 is 0 Å². The van der Waals surface area contributed by atoms with Crippen LogP contribution in [0.1, 0.15) is 29.8 Å². The Labute approximate surface area is 159 Å². The van der Waals surface area contributed by atoms with Crippen LogP contribution in [0.3, 0.4) is 0 Å². The van der Waals surface area contributed by atoms with Gasteiger partial charge in [-0.2, -0.15) is 5.10 Å². The molecule has 0 saturated carbocycles. The fraction of sp³-hybridized carbons (Fsp3) is 0.263. The maximum Gasteiger partial charge on any atom is 0.271 e. The van der Waals surface area contributed by atoms with Gasteiger partial charge < -0.3 is 4.74 Å². The summed E-state index contributed by atoms with van der Waals surface area (Å²) in [5.41, 5.74) is 4.10. The number of hydrogen-bond donors (Lipinski definition) is 1. The highest BCUT2D eigenvalue weighted by Crippen LogP contribution is 2.16. The lowest BCUT2D eigenvalue weighted by atomic mass is 10.2. The first-order valence-electron chi connectivity index (χ1n) is 8.31. The van der Waals surface area contributed by atoms with Gasteiger partial charge in [0.15, 0.2) is 0 Å². The molecular formula is C19H23N3O4S. The molecule has 0 aliphatic heterocycles. The molecule has 0 bridgehead atoms. The normalized spacial score (nSPS) is 11.6. The number of benzene rings is 2. The average molecular weight is 389 g/mol. The summed E-state index contributed by atoms with van der Waals surface area (Å²) in [5, 5.41) is 3.93. The molecule has 0 radical (unpaired) electrons. The number of nitrogens with one attached hydrogen (secondary N) is 1. The molecule has 8 heteroatoms. The second kappa shape index (κ2) is 8.68. The second-order valence-corrected chi connectivity index (χ2v) is 8.23. The van der Waals surface area contributed by atoms with Crippen molar-refractivity contribution < 1.29 is 17.9 Å². The fourth-order valence-corrected chi connectivity index (χ4v) is 2.65. The third kappa shape index (κ3) is 6.10. The fourth-order valence-electron chi connectivity index (χ4n) is 2.15. The number of carbonyl (C=O) groups excluding carboxylic acids is 1. The standard InChI is InChI=1S/C19H23N3O4S/c1-14(2)26-18-11-5-15(6-12-18)13-20-21-19(23)16-7-9-17(10-8-16)22(3)27(4,24)25/h5-14H,1-4H3,(H,21,23)/b20-13-. The van der Waals surface area contributed by atoms with E-state index in [4.69, 9.17) is 4.74 Å². The molecule has 2 aromatic carbocycles. The molecule has 2 aromatic rings. The summed E-state index contributed by atoms with van der Waals surface area (Å²) in [6.45, 7) is 3.91. The van der Waals surface area contributed by atoms with Crippen molar-refractivity contribution in [3.8, 4) is 5.75 Å². The van der Waals surface area contributed by atoms with Crippen molar-refractivity contribution in [1.29, 1.82) is 0 Å². The third-order valence-corrected chi connectivity index (χ3v) is 4.83. The van der Waals surface area contributed by atoms with Crippen molar-refractivity contribution in [1.82, 2.24) is 5.43 Å². The van der Waals surface area contributed by atoms with Gasteiger partial charge in [-0.1, -0.05) is 0 Å². The van der Waals surface area contributed by atoms with Crippen molar-refractivity contribution in [2.75, 3.05) is 17.6 Å². The minimum Gasteiger partial charge on any atom is -0.491 e. The smallest absolute Gasteiger partial charge is 0.271 e. The van der Waals surface area contributed by atoms with Crippen LogP contribution in [0.5, 0.6) is 5.75 Å². The van der Waals surface area contributed by atoms with Gasteiger partial charge in [-0.15, -0.1) is 0 Å². The molecule has 0 aromatic heterocycles. The molecule has 0 spiro atoms. The Hall–Kier alpha value is -2.87. The highest BCUT2D eigenvalue weighted by atomic mass is 32.2. The monoisotopic (exact) mass is 389 g/mol. The van der Waals surface area contributed by atoms with E-state index in [-0.39, 0.29) is 12.0 Å².